The summed E-state index contributed by atoms with van der Waals surface area (Å²) >= 11 is 1.36. The molecule has 1 aromatic heterocycles. The van der Waals surface area contributed by atoms with Gasteiger partial charge >= 0.3 is 6.43 Å². The molecular formula is C18H21F3N2O3S. The van der Waals surface area contributed by atoms with E-state index in [2.05, 4.69) is 10.3 Å². The molecule has 2 N–H and O–H groups in total. The minimum atomic E-state index is -3.16. The normalized spacial score (nSPS) is 13.0. The predicted octanol–water partition coefficient (Wildman–Crippen LogP) is 3.84. The summed E-state index contributed by atoms with van der Waals surface area (Å²) in [5.74, 6) is -1.45. The molecule has 1 atom stereocenters. The molecule has 0 aliphatic carbocycles. The zero-order valence-corrected chi connectivity index (χ0v) is 15.7. The summed E-state index contributed by atoms with van der Waals surface area (Å²) in [7, 11) is 0. The van der Waals surface area contributed by atoms with Crippen LogP contribution >= 0.6 is 11.3 Å². The van der Waals surface area contributed by atoms with Crippen LogP contribution in [0.1, 0.15) is 36.9 Å². The van der Waals surface area contributed by atoms with Crippen molar-refractivity contribution in [3.05, 3.63) is 41.0 Å². The average Bonchev–Trinajstić information content (AvgIpc) is 3.10. The fraction of sp³-hybridized carbons (Fsp3) is 0.444. The lowest BCUT2D eigenvalue weighted by Gasteiger charge is -2.31. The maximum atomic E-state index is 13.0. The maximum absolute atomic E-state index is 13.0. The predicted molar refractivity (Wildman–Crippen MR) is 96.1 cm³/mol. The van der Waals surface area contributed by atoms with E-state index in [1.54, 1.807) is 18.3 Å². The van der Waals surface area contributed by atoms with E-state index in [0.717, 1.165) is 10.4 Å². The van der Waals surface area contributed by atoms with Gasteiger partial charge in [0.25, 0.3) is 5.91 Å². The van der Waals surface area contributed by atoms with E-state index in [9.17, 15) is 18.0 Å². The van der Waals surface area contributed by atoms with Crippen LogP contribution in [0.15, 0.2) is 30.5 Å². The molecule has 0 aliphatic heterocycles. The van der Waals surface area contributed by atoms with Gasteiger partial charge in [0.1, 0.15) is 10.7 Å². The molecule has 9 heteroatoms. The highest BCUT2D eigenvalue weighted by molar-refractivity contribution is 7.15. The molecular weight excluding hydrogens is 381 g/mol. The molecule has 0 aliphatic rings. The van der Waals surface area contributed by atoms with Crippen LogP contribution in [0, 0.1) is 0 Å². The van der Waals surface area contributed by atoms with Crippen LogP contribution in [0.25, 0.3) is 10.4 Å². The van der Waals surface area contributed by atoms with Gasteiger partial charge in [0.2, 0.25) is 0 Å². The van der Waals surface area contributed by atoms with Crippen molar-refractivity contribution in [2.45, 2.75) is 45.1 Å². The highest BCUT2D eigenvalue weighted by Crippen LogP contribution is 2.31. The molecule has 2 aromatic rings. The first-order valence-electron chi connectivity index (χ1n) is 8.25. The van der Waals surface area contributed by atoms with Gasteiger partial charge in [-0.3, -0.25) is 9.18 Å². The number of nitrogens with one attached hydrogen (secondary N) is 1. The molecule has 0 spiro atoms. The number of ether oxygens (including phenoxy) is 1. The first-order valence-corrected chi connectivity index (χ1v) is 9.07. The number of hydrogen-bond donors (Lipinski definition) is 2. The number of alkyl halides is 3. The summed E-state index contributed by atoms with van der Waals surface area (Å²) < 4.78 is 43.6. The Hall–Kier alpha value is -1.97. The van der Waals surface area contributed by atoms with E-state index < -0.39 is 30.8 Å². The molecule has 5 nitrogen and oxygen atoms in total. The minimum Gasteiger partial charge on any atom is -0.389 e. The van der Waals surface area contributed by atoms with Crippen molar-refractivity contribution in [1.29, 1.82) is 0 Å². The minimum absolute atomic E-state index is 0.0164. The smallest absolute Gasteiger partial charge is 0.315 e. The third-order valence-corrected chi connectivity index (χ3v) is 4.72. The second-order valence-electron chi connectivity index (χ2n) is 6.28. The van der Waals surface area contributed by atoms with Gasteiger partial charge in [-0.05, 0) is 25.0 Å². The van der Waals surface area contributed by atoms with Crippen molar-refractivity contribution in [2.75, 3.05) is 6.67 Å². The van der Waals surface area contributed by atoms with Crippen molar-refractivity contribution in [3.63, 3.8) is 0 Å². The molecule has 0 radical (unpaired) electrons. The van der Waals surface area contributed by atoms with E-state index in [-0.39, 0.29) is 13.0 Å². The third-order valence-electron chi connectivity index (χ3n) is 3.69. The summed E-state index contributed by atoms with van der Waals surface area (Å²) in [6, 6.07) is 7.12. The molecule has 0 bridgehead atoms. The van der Waals surface area contributed by atoms with Gasteiger partial charge in [0, 0.05) is 12.6 Å². The SMILES string of the molecule is CC(C)(NC(=O)C(F)F)OC(CCF)c1ccc(-c2cnc(CO)s2)cc1. The topological polar surface area (TPSA) is 71.5 Å². The Balaban J connectivity index is 2.14. The highest BCUT2D eigenvalue weighted by Gasteiger charge is 2.29. The molecule has 0 saturated heterocycles. The zero-order chi connectivity index (χ0) is 20.0. The van der Waals surface area contributed by atoms with Crippen molar-refractivity contribution in [3.8, 4) is 10.4 Å². The summed E-state index contributed by atoms with van der Waals surface area (Å²) in [6.07, 6.45) is -2.20. The second kappa shape index (κ2) is 9.29. The van der Waals surface area contributed by atoms with Crippen LogP contribution in [0.5, 0.6) is 0 Å². The Labute approximate surface area is 159 Å². The Morgan fingerprint density at radius 3 is 2.52 bits per heavy atom. The number of benzene rings is 1. The number of aromatic nitrogens is 1. The monoisotopic (exact) mass is 402 g/mol. The molecule has 1 heterocycles. The molecule has 0 saturated carbocycles. The molecule has 1 amide bonds. The van der Waals surface area contributed by atoms with Crippen LogP contribution in [-0.4, -0.2) is 34.8 Å². The van der Waals surface area contributed by atoms with Gasteiger partial charge in [-0.25, -0.2) is 4.98 Å². The molecule has 2 rings (SSSR count). The fourth-order valence-electron chi connectivity index (χ4n) is 2.51. The number of aliphatic hydroxyl groups excluding tert-OH is 1. The van der Waals surface area contributed by atoms with E-state index in [4.69, 9.17) is 9.84 Å². The lowest BCUT2D eigenvalue weighted by Crippen LogP contribution is -2.48. The lowest BCUT2D eigenvalue weighted by molar-refractivity contribution is -0.148. The van der Waals surface area contributed by atoms with Gasteiger partial charge in [-0.1, -0.05) is 24.3 Å². The number of aliphatic hydroxyl groups is 1. The van der Waals surface area contributed by atoms with Gasteiger partial charge in [-0.2, -0.15) is 8.78 Å². The summed E-state index contributed by atoms with van der Waals surface area (Å²) in [5.41, 5.74) is 0.141. The summed E-state index contributed by atoms with van der Waals surface area (Å²) in [4.78, 5) is 16.2. The van der Waals surface area contributed by atoms with Crippen molar-refractivity contribution >= 4 is 17.2 Å². The van der Waals surface area contributed by atoms with Gasteiger partial charge in [-0.15, -0.1) is 11.3 Å². The van der Waals surface area contributed by atoms with Crippen LogP contribution in [0.3, 0.4) is 0 Å². The Morgan fingerprint density at radius 2 is 2.00 bits per heavy atom. The Bertz CT molecular complexity index is 751. The highest BCUT2D eigenvalue weighted by atomic mass is 32.1. The largest absolute Gasteiger partial charge is 0.389 e. The average molecular weight is 402 g/mol. The van der Waals surface area contributed by atoms with Crippen LogP contribution < -0.4 is 5.32 Å². The molecule has 27 heavy (non-hydrogen) atoms. The Kier molecular flexibility index (Phi) is 7.34. The number of nitrogens with zero attached hydrogens (tertiary/aromatic N) is 1. The number of thiazole rings is 1. The quantitative estimate of drug-likeness (QED) is 0.626. The van der Waals surface area contributed by atoms with Gasteiger partial charge in [0.05, 0.1) is 24.3 Å². The van der Waals surface area contributed by atoms with E-state index >= 15 is 0 Å². The van der Waals surface area contributed by atoms with Gasteiger partial charge in [0.15, 0.2) is 0 Å². The third kappa shape index (κ3) is 6.02. The van der Waals surface area contributed by atoms with Crippen molar-refractivity contribution in [1.82, 2.24) is 10.3 Å². The first kappa shape index (κ1) is 21.3. The van der Waals surface area contributed by atoms with E-state index in [1.165, 1.54) is 25.2 Å². The number of rotatable bonds is 9. The van der Waals surface area contributed by atoms with Crippen LogP contribution in [0.4, 0.5) is 13.2 Å². The standard InChI is InChI=1S/C18H21F3N2O3S/c1-18(2,23-17(25)16(20)21)26-13(7-8-19)11-3-5-12(6-4-11)14-9-22-15(10-24)27-14/h3-6,9,13,16,24H,7-8,10H2,1-2H3,(H,23,25). The number of halogens is 3. The summed E-state index contributed by atoms with van der Waals surface area (Å²) in [6.45, 7) is 2.07. The second-order valence-corrected chi connectivity index (χ2v) is 7.40. The number of carbonyl (C=O) groups is 1. The van der Waals surface area contributed by atoms with E-state index in [0.29, 0.717) is 10.6 Å². The molecule has 1 unspecified atom stereocenters. The summed E-state index contributed by atoms with van der Waals surface area (Å²) in [5, 5.41) is 11.8. The fourth-order valence-corrected chi connectivity index (χ4v) is 3.29. The molecule has 0 fully saturated rings. The number of hydrogen-bond acceptors (Lipinski definition) is 5. The molecule has 1 aromatic carbocycles. The van der Waals surface area contributed by atoms with Crippen LogP contribution in [-0.2, 0) is 16.1 Å². The zero-order valence-electron chi connectivity index (χ0n) is 14.9. The van der Waals surface area contributed by atoms with Crippen molar-refractivity contribution in [2.24, 2.45) is 0 Å². The van der Waals surface area contributed by atoms with Crippen molar-refractivity contribution < 1.29 is 27.8 Å². The first-order chi connectivity index (χ1) is 12.8. The molecule has 148 valence electrons. The van der Waals surface area contributed by atoms with E-state index in [1.807, 2.05) is 12.1 Å². The Morgan fingerprint density at radius 1 is 1.33 bits per heavy atom. The lowest BCUT2D eigenvalue weighted by atomic mass is 10.0. The van der Waals surface area contributed by atoms with Gasteiger partial charge < -0.3 is 15.2 Å². The maximum Gasteiger partial charge on any atom is 0.315 e. The number of amides is 1. The van der Waals surface area contributed by atoms with Crippen LogP contribution in [0.2, 0.25) is 0 Å². The number of carbonyl (C=O) groups excluding carboxylic acids is 1.